The zero-order valence-corrected chi connectivity index (χ0v) is 16.5. The van der Waals surface area contributed by atoms with E-state index in [0.29, 0.717) is 28.9 Å². The second-order valence-electron chi connectivity index (χ2n) is 7.70. The van der Waals surface area contributed by atoms with Crippen molar-refractivity contribution in [3.05, 3.63) is 65.0 Å². The lowest BCUT2D eigenvalue weighted by atomic mass is 9.99. The van der Waals surface area contributed by atoms with Gasteiger partial charge in [0.25, 0.3) is 5.91 Å². The van der Waals surface area contributed by atoms with E-state index in [1.165, 1.54) is 12.1 Å². The molecule has 0 saturated heterocycles. The number of nitriles is 1. The first kappa shape index (κ1) is 20.8. The lowest BCUT2D eigenvalue weighted by molar-refractivity contribution is -0.141. The van der Waals surface area contributed by atoms with Gasteiger partial charge in [0.05, 0.1) is 29.8 Å². The number of nitrogens with zero attached hydrogens (tertiary/aromatic N) is 3. The number of amidine groups is 1. The number of carbonyl (C=O) groups excluding carboxylic acids is 1. The number of pyridine rings is 1. The Balaban J connectivity index is 1.57. The quantitative estimate of drug-likeness (QED) is 0.785. The second kappa shape index (κ2) is 8.38. The van der Waals surface area contributed by atoms with Crippen LogP contribution in [0.3, 0.4) is 0 Å². The molecule has 160 valence electrons. The van der Waals surface area contributed by atoms with Crippen LogP contribution in [-0.4, -0.2) is 34.9 Å². The average Bonchev–Trinajstić information content (AvgIpc) is 3.11. The molecule has 6 nitrogen and oxygen atoms in total. The monoisotopic (exact) mass is 427 g/mol. The molecular weight excluding hydrogens is 407 g/mol. The summed E-state index contributed by atoms with van der Waals surface area (Å²) in [7, 11) is 0. The summed E-state index contributed by atoms with van der Waals surface area (Å²) in [6, 6.07) is 10.3. The van der Waals surface area contributed by atoms with Crippen LogP contribution < -0.4 is 10.6 Å². The Bertz CT molecular complexity index is 1060. The fourth-order valence-electron chi connectivity index (χ4n) is 4.08. The minimum atomic E-state index is -4.53. The summed E-state index contributed by atoms with van der Waals surface area (Å²) in [5.74, 6) is 0.0881. The number of nitrogens with one attached hydrogen (secondary N) is 2. The van der Waals surface area contributed by atoms with E-state index >= 15 is 0 Å². The lowest BCUT2D eigenvalue weighted by Gasteiger charge is -2.24. The van der Waals surface area contributed by atoms with Crippen LogP contribution in [-0.2, 0) is 6.18 Å². The first-order valence-electron chi connectivity index (χ1n) is 10.0. The third-order valence-corrected chi connectivity index (χ3v) is 5.60. The summed E-state index contributed by atoms with van der Waals surface area (Å²) >= 11 is 0. The van der Waals surface area contributed by atoms with Crippen LogP contribution in [0.25, 0.3) is 0 Å². The number of halogens is 3. The first-order valence-corrected chi connectivity index (χ1v) is 10.0. The minimum absolute atomic E-state index is 0.0734. The lowest BCUT2D eigenvalue weighted by Crippen LogP contribution is -2.47. The predicted octanol–water partition coefficient (Wildman–Crippen LogP) is 3.43. The number of alkyl halides is 3. The van der Waals surface area contributed by atoms with Gasteiger partial charge in [-0.15, -0.1) is 0 Å². The Kier molecular flexibility index (Phi) is 5.63. The molecule has 1 amide bonds. The molecule has 1 fully saturated rings. The van der Waals surface area contributed by atoms with Crippen LogP contribution in [0.1, 0.15) is 52.9 Å². The molecule has 0 radical (unpaired) electrons. The second-order valence-corrected chi connectivity index (χ2v) is 7.70. The molecular formula is C22H20F3N5O. The van der Waals surface area contributed by atoms with E-state index in [0.717, 1.165) is 31.5 Å². The molecule has 4 rings (SSSR count). The van der Waals surface area contributed by atoms with E-state index in [4.69, 9.17) is 5.26 Å². The number of benzene rings is 1. The molecule has 1 aromatic heterocycles. The van der Waals surface area contributed by atoms with Crippen molar-refractivity contribution in [3.8, 4) is 6.07 Å². The van der Waals surface area contributed by atoms with Crippen molar-refractivity contribution in [1.82, 2.24) is 15.6 Å². The molecule has 0 spiro atoms. The van der Waals surface area contributed by atoms with Gasteiger partial charge in [0.15, 0.2) is 0 Å². The van der Waals surface area contributed by atoms with Crippen LogP contribution in [0, 0.1) is 11.3 Å². The molecule has 1 aliphatic carbocycles. The molecule has 1 saturated carbocycles. The Hall–Kier alpha value is -3.41. The molecule has 1 aromatic carbocycles. The molecule has 2 aliphatic rings. The fraction of sp³-hybridized carbons (Fsp3) is 0.364. The van der Waals surface area contributed by atoms with Crippen LogP contribution in [0.2, 0.25) is 0 Å². The molecule has 9 heteroatoms. The number of aliphatic imine (C=N–C) groups is 1. The largest absolute Gasteiger partial charge is 0.433 e. The number of carbonyl (C=O) groups is 1. The van der Waals surface area contributed by atoms with Crippen LogP contribution in [0.15, 0.2) is 47.6 Å². The van der Waals surface area contributed by atoms with Gasteiger partial charge in [-0.2, -0.15) is 18.4 Å². The van der Waals surface area contributed by atoms with Gasteiger partial charge in [0, 0.05) is 17.3 Å². The summed E-state index contributed by atoms with van der Waals surface area (Å²) in [5.41, 5.74) is 0.136. The summed E-state index contributed by atoms with van der Waals surface area (Å²) in [6.45, 7) is 0. The molecule has 2 unspecified atom stereocenters. The van der Waals surface area contributed by atoms with E-state index in [1.807, 2.05) is 6.07 Å². The molecule has 2 N–H and O–H groups in total. The number of fused-ring (bicyclic) bond motifs is 1. The van der Waals surface area contributed by atoms with Crippen LogP contribution in [0.4, 0.5) is 13.2 Å². The Labute approximate surface area is 177 Å². The van der Waals surface area contributed by atoms with Gasteiger partial charge in [-0.05, 0) is 43.2 Å². The smallest absolute Gasteiger partial charge is 0.365 e. The highest BCUT2D eigenvalue weighted by atomic mass is 19.4. The van der Waals surface area contributed by atoms with Crippen LogP contribution in [0.5, 0.6) is 0 Å². The molecule has 2 aromatic rings. The predicted molar refractivity (Wildman–Crippen MR) is 107 cm³/mol. The summed E-state index contributed by atoms with van der Waals surface area (Å²) < 4.78 is 39.1. The Morgan fingerprint density at radius 3 is 2.77 bits per heavy atom. The zero-order valence-electron chi connectivity index (χ0n) is 16.5. The maximum Gasteiger partial charge on any atom is 0.433 e. The summed E-state index contributed by atoms with van der Waals surface area (Å²) in [4.78, 5) is 20.8. The number of rotatable bonds is 3. The van der Waals surface area contributed by atoms with Crippen molar-refractivity contribution in [2.24, 2.45) is 4.99 Å². The third-order valence-electron chi connectivity index (χ3n) is 5.60. The van der Waals surface area contributed by atoms with Gasteiger partial charge in [0.1, 0.15) is 11.5 Å². The number of amides is 1. The van der Waals surface area contributed by atoms with E-state index in [-0.39, 0.29) is 24.0 Å². The van der Waals surface area contributed by atoms with Crippen molar-refractivity contribution in [1.29, 1.82) is 5.26 Å². The third kappa shape index (κ3) is 4.53. The summed E-state index contributed by atoms with van der Waals surface area (Å²) in [6.07, 6.45) is -0.0436. The van der Waals surface area contributed by atoms with Gasteiger partial charge in [0.2, 0.25) is 0 Å². The fourth-order valence-corrected chi connectivity index (χ4v) is 4.08. The van der Waals surface area contributed by atoms with Crippen molar-refractivity contribution in [2.45, 2.75) is 50.0 Å². The zero-order chi connectivity index (χ0) is 22.0. The maximum atomic E-state index is 13.0. The highest BCUT2D eigenvalue weighted by molar-refractivity contribution is 6.00. The molecule has 3 atom stereocenters. The molecule has 0 bridgehead atoms. The van der Waals surface area contributed by atoms with Crippen molar-refractivity contribution in [3.63, 3.8) is 0 Å². The molecule has 2 heterocycles. The molecule has 1 aliphatic heterocycles. The topological polar surface area (TPSA) is 90.2 Å². The summed E-state index contributed by atoms with van der Waals surface area (Å²) in [5, 5.41) is 15.3. The first-order chi connectivity index (χ1) is 14.8. The van der Waals surface area contributed by atoms with E-state index in [1.54, 1.807) is 18.2 Å². The van der Waals surface area contributed by atoms with Gasteiger partial charge in [-0.3, -0.25) is 14.8 Å². The van der Waals surface area contributed by atoms with Gasteiger partial charge >= 0.3 is 6.18 Å². The molecule has 31 heavy (non-hydrogen) atoms. The van der Waals surface area contributed by atoms with Gasteiger partial charge in [-0.1, -0.05) is 18.9 Å². The number of aromatic nitrogens is 1. The Morgan fingerprint density at radius 2 is 2.00 bits per heavy atom. The average molecular weight is 427 g/mol. The van der Waals surface area contributed by atoms with Crippen molar-refractivity contribution < 1.29 is 18.0 Å². The van der Waals surface area contributed by atoms with Crippen LogP contribution >= 0.6 is 0 Å². The SMILES string of the molecule is N#Cc1cccc(C(=O)N[C@H]2CCCCC3NC(c4ccnc(C(F)(F)F)c4)=NC32)c1. The number of hydrogen-bond donors (Lipinski definition) is 2. The highest BCUT2D eigenvalue weighted by Crippen LogP contribution is 2.30. The standard InChI is InChI=1S/C22H20F3N5O/c23-22(24,25)18-11-14(8-9-27-18)20-28-16-6-1-2-7-17(19(16)30-20)29-21(31)15-5-3-4-13(10-15)12-26/h3-5,8-11,16-17,19H,1-2,6-7H2,(H,28,30)(H,29,31)/t16?,17-,19?/m0/s1. The minimum Gasteiger partial charge on any atom is -0.365 e. The normalized spacial score (nSPS) is 23.0. The van der Waals surface area contributed by atoms with E-state index < -0.39 is 11.9 Å². The number of hydrogen-bond acceptors (Lipinski definition) is 5. The van der Waals surface area contributed by atoms with E-state index in [9.17, 15) is 18.0 Å². The van der Waals surface area contributed by atoms with E-state index in [2.05, 4.69) is 20.6 Å². The van der Waals surface area contributed by atoms with Crippen molar-refractivity contribution >= 4 is 11.7 Å². The van der Waals surface area contributed by atoms with Crippen molar-refractivity contribution in [2.75, 3.05) is 0 Å². The van der Waals surface area contributed by atoms with Gasteiger partial charge < -0.3 is 10.6 Å². The maximum absolute atomic E-state index is 13.0. The highest BCUT2D eigenvalue weighted by Gasteiger charge is 2.38. The Morgan fingerprint density at radius 1 is 1.19 bits per heavy atom. The van der Waals surface area contributed by atoms with Gasteiger partial charge in [-0.25, -0.2) is 0 Å².